The minimum Gasteiger partial charge on any atom is -0.493 e. The van der Waals surface area contributed by atoms with E-state index in [9.17, 15) is 5.11 Å². The molecule has 0 unspecified atom stereocenters. The molecule has 5 nitrogen and oxygen atoms in total. The topological polar surface area (TPSA) is 54.0 Å². The normalized spacial score (nSPS) is 15.9. The molecule has 1 aliphatic rings. The van der Waals surface area contributed by atoms with Crippen molar-refractivity contribution in [3.05, 3.63) is 59.7 Å². The zero-order valence-corrected chi connectivity index (χ0v) is 17.9. The van der Waals surface area contributed by atoms with Gasteiger partial charge in [-0.1, -0.05) is 50.2 Å². The number of hydrogen-bond acceptors (Lipinski definition) is 5. The Labute approximate surface area is 174 Å². The molecule has 2 aromatic carbocycles. The maximum atomic E-state index is 10.3. The summed E-state index contributed by atoms with van der Waals surface area (Å²) in [4.78, 5) is 2.18. The molecular formula is C24H34N2O3. The molecule has 1 saturated carbocycles. The Morgan fingerprint density at radius 2 is 1.79 bits per heavy atom. The molecule has 0 bridgehead atoms. The number of benzene rings is 2. The lowest BCUT2D eigenvalue weighted by molar-refractivity contribution is 0.0705. The lowest BCUT2D eigenvalue weighted by Gasteiger charge is -2.22. The number of rotatable bonds is 12. The molecule has 0 aliphatic heterocycles. The van der Waals surface area contributed by atoms with Crippen molar-refractivity contribution in [1.29, 1.82) is 0 Å². The van der Waals surface area contributed by atoms with E-state index < -0.39 is 6.10 Å². The summed E-state index contributed by atoms with van der Waals surface area (Å²) >= 11 is 0. The first-order valence-electron chi connectivity index (χ1n) is 10.6. The van der Waals surface area contributed by atoms with E-state index in [0.717, 1.165) is 38.0 Å². The quantitative estimate of drug-likeness (QED) is 0.573. The molecule has 2 aromatic rings. The Balaban J connectivity index is 1.60. The second-order valence-electron chi connectivity index (χ2n) is 7.74. The van der Waals surface area contributed by atoms with Crippen LogP contribution < -0.4 is 14.8 Å². The predicted molar refractivity (Wildman–Crippen MR) is 116 cm³/mol. The molecule has 1 atom stereocenters. The van der Waals surface area contributed by atoms with E-state index in [4.69, 9.17) is 9.47 Å². The summed E-state index contributed by atoms with van der Waals surface area (Å²) in [6.45, 7) is 7.64. The first-order valence-corrected chi connectivity index (χ1v) is 10.6. The molecule has 0 heterocycles. The molecule has 0 aromatic heterocycles. The van der Waals surface area contributed by atoms with Crippen molar-refractivity contribution in [1.82, 2.24) is 10.2 Å². The van der Waals surface area contributed by atoms with Gasteiger partial charge in [-0.3, -0.25) is 0 Å². The van der Waals surface area contributed by atoms with Gasteiger partial charge in [0.15, 0.2) is 11.5 Å². The number of ether oxygens (including phenoxy) is 2. The highest BCUT2D eigenvalue weighted by atomic mass is 16.5. The van der Waals surface area contributed by atoms with Gasteiger partial charge in [0.05, 0.1) is 7.11 Å². The molecule has 158 valence electrons. The smallest absolute Gasteiger partial charge is 0.161 e. The third-order valence-corrected chi connectivity index (χ3v) is 5.73. The molecular weight excluding hydrogens is 364 g/mol. The van der Waals surface area contributed by atoms with Gasteiger partial charge in [0.2, 0.25) is 0 Å². The van der Waals surface area contributed by atoms with Crippen molar-refractivity contribution < 1.29 is 14.6 Å². The van der Waals surface area contributed by atoms with Gasteiger partial charge in [-0.25, -0.2) is 0 Å². The summed E-state index contributed by atoms with van der Waals surface area (Å²) in [5.41, 5.74) is 2.59. The van der Waals surface area contributed by atoms with Gasteiger partial charge in [0.1, 0.15) is 12.7 Å². The van der Waals surface area contributed by atoms with Crippen LogP contribution in [0.1, 0.15) is 37.8 Å². The van der Waals surface area contributed by atoms with Crippen molar-refractivity contribution in [2.24, 2.45) is 0 Å². The van der Waals surface area contributed by atoms with Crippen LogP contribution in [0.25, 0.3) is 0 Å². The van der Waals surface area contributed by atoms with Crippen molar-refractivity contribution in [2.75, 3.05) is 33.4 Å². The van der Waals surface area contributed by atoms with Crippen LogP contribution in [-0.4, -0.2) is 49.5 Å². The molecule has 0 radical (unpaired) electrons. The number of nitrogens with zero attached hydrogens (tertiary/aromatic N) is 1. The number of aliphatic hydroxyl groups is 1. The Hall–Kier alpha value is -2.08. The maximum Gasteiger partial charge on any atom is 0.161 e. The van der Waals surface area contributed by atoms with Crippen molar-refractivity contribution in [2.45, 2.75) is 44.9 Å². The van der Waals surface area contributed by atoms with Crippen molar-refractivity contribution >= 4 is 0 Å². The lowest BCUT2D eigenvalue weighted by Crippen LogP contribution is -2.35. The maximum absolute atomic E-state index is 10.3. The Morgan fingerprint density at radius 3 is 2.41 bits per heavy atom. The summed E-state index contributed by atoms with van der Waals surface area (Å²) in [5.74, 6) is 1.36. The fraction of sp³-hybridized carbons (Fsp3) is 0.500. The molecule has 5 heteroatoms. The van der Waals surface area contributed by atoms with Crippen LogP contribution in [0.5, 0.6) is 11.5 Å². The first-order chi connectivity index (χ1) is 14.1. The van der Waals surface area contributed by atoms with E-state index >= 15 is 0 Å². The van der Waals surface area contributed by atoms with Gasteiger partial charge < -0.3 is 24.8 Å². The van der Waals surface area contributed by atoms with Crippen LogP contribution in [0.15, 0.2) is 48.5 Å². The lowest BCUT2D eigenvalue weighted by atomic mass is 10.0. The van der Waals surface area contributed by atoms with Gasteiger partial charge in [0, 0.05) is 18.6 Å². The Morgan fingerprint density at radius 1 is 1.07 bits per heavy atom. The average molecular weight is 399 g/mol. The SMILES string of the molecule is CCN(CC)C[C@@H](O)COc1cc(CNC2(c3ccccc3)CC2)ccc1OC. The van der Waals surface area contributed by atoms with Gasteiger partial charge >= 0.3 is 0 Å². The minimum absolute atomic E-state index is 0.0994. The van der Waals surface area contributed by atoms with Gasteiger partial charge in [0.25, 0.3) is 0 Å². The zero-order valence-electron chi connectivity index (χ0n) is 17.9. The summed E-state index contributed by atoms with van der Waals surface area (Å²) < 4.78 is 11.4. The number of hydrogen-bond donors (Lipinski definition) is 2. The molecule has 1 aliphatic carbocycles. The molecule has 0 saturated heterocycles. The average Bonchev–Trinajstić information content (AvgIpc) is 3.56. The summed E-state index contributed by atoms with van der Waals surface area (Å²) in [6, 6.07) is 16.6. The van der Waals surface area contributed by atoms with Crippen LogP contribution >= 0.6 is 0 Å². The van der Waals surface area contributed by atoms with Crippen LogP contribution in [0, 0.1) is 0 Å². The molecule has 0 spiro atoms. The van der Waals surface area contributed by atoms with E-state index in [2.05, 4.69) is 60.5 Å². The summed E-state index contributed by atoms with van der Waals surface area (Å²) in [5, 5.41) is 14.0. The largest absolute Gasteiger partial charge is 0.493 e. The fourth-order valence-corrected chi connectivity index (χ4v) is 3.68. The number of methoxy groups -OCH3 is 1. The third-order valence-electron chi connectivity index (χ3n) is 5.73. The van der Waals surface area contributed by atoms with Gasteiger partial charge in [-0.05, 0) is 49.2 Å². The van der Waals surface area contributed by atoms with Gasteiger partial charge in [-0.15, -0.1) is 0 Å². The number of nitrogens with one attached hydrogen (secondary N) is 1. The molecule has 2 N–H and O–H groups in total. The van der Waals surface area contributed by atoms with Crippen LogP contribution in [0.4, 0.5) is 0 Å². The van der Waals surface area contributed by atoms with Gasteiger partial charge in [-0.2, -0.15) is 0 Å². The molecule has 29 heavy (non-hydrogen) atoms. The van der Waals surface area contributed by atoms with E-state index in [1.165, 1.54) is 5.56 Å². The Bertz CT molecular complexity index is 758. The second-order valence-corrected chi connectivity index (χ2v) is 7.74. The van der Waals surface area contributed by atoms with Crippen LogP contribution in [0.2, 0.25) is 0 Å². The van der Waals surface area contributed by atoms with E-state index in [-0.39, 0.29) is 12.1 Å². The molecule has 1 fully saturated rings. The molecule has 3 rings (SSSR count). The van der Waals surface area contributed by atoms with E-state index in [0.29, 0.717) is 18.0 Å². The van der Waals surface area contributed by atoms with Crippen molar-refractivity contribution in [3.8, 4) is 11.5 Å². The Kier molecular flexibility index (Phi) is 7.53. The minimum atomic E-state index is -0.533. The van der Waals surface area contributed by atoms with Crippen LogP contribution in [-0.2, 0) is 12.1 Å². The third kappa shape index (κ3) is 5.72. The fourth-order valence-electron chi connectivity index (χ4n) is 3.68. The predicted octanol–water partition coefficient (Wildman–Crippen LogP) is 3.56. The van der Waals surface area contributed by atoms with Crippen LogP contribution in [0.3, 0.4) is 0 Å². The second kappa shape index (κ2) is 10.1. The number of likely N-dealkylation sites (N-methyl/N-ethyl adjacent to an activating group) is 1. The first kappa shape index (κ1) is 21.6. The zero-order chi connectivity index (χ0) is 20.7. The highest BCUT2D eigenvalue weighted by Gasteiger charge is 2.43. The highest BCUT2D eigenvalue weighted by Crippen LogP contribution is 2.45. The summed E-state index contributed by atoms with van der Waals surface area (Å²) in [6.07, 6.45) is 1.79. The van der Waals surface area contributed by atoms with E-state index in [1.807, 2.05) is 12.1 Å². The summed E-state index contributed by atoms with van der Waals surface area (Å²) in [7, 11) is 1.64. The monoisotopic (exact) mass is 398 g/mol. The van der Waals surface area contributed by atoms with E-state index in [1.54, 1.807) is 7.11 Å². The standard InChI is InChI=1S/C24H34N2O3/c1-4-26(5-2)17-21(27)18-29-23-15-19(11-12-22(23)28-3)16-25-24(13-14-24)20-9-7-6-8-10-20/h6-12,15,21,25,27H,4-5,13-14,16-18H2,1-3H3/t21-/m1/s1. The molecule has 0 amide bonds. The highest BCUT2D eigenvalue weighted by molar-refractivity contribution is 5.43. The van der Waals surface area contributed by atoms with Crippen molar-refractivity contribution in [3.63, 3.8) is 0 Å². The number of aliphatic hydroxyl groups excluding tert-OH is 1.